The summed E-state index contributed by atoms with van der Waals surface area (Å²) in [6.07, 6.45) is 6.74. The maximum absolute atomic E-state index is 6.86. The minimum absolute atomic E-state index is 0.641. The van der Waals surface area contributed by atoms with Crippen LogP contribution in [0, 0.1) is 0 Å². The van der Waals surface area contributed by atoms with E-state index < -0.39 is 0 Å². The summed E-state index contributed by atoms with van der Waals surface area (Å²) in [6, 6.07) is 58.8. The normalized spacial score (nSPS) is 13.0. The summed E-state index contributed by atoms with van der Waals surface area (Å²) in [7, 11) is 0. The summed E-state index contributed by atoms with van der Waals surface area (Å²) in [5.74, 6) is 1.52. The third-order valence-electron chi connectivity index (χ3n) is 12.9. The van der Waals surface area contributed by atoms with Crippen LogP contribution in [0.1, 0.15) is 16.9 Å². The summed E-state index contributed by atoms with van der Waals surface area (Å²) in [5.41, 5.74) is 10.9. The number of thiophene rings is 2. The van der Waals surface area contributed by atoms with Gasteiger partial charge < -0.3 is 4.42 Å². The van der Waals surface area contributed by atoms with E-state index in [2.05, 4.69) is 174 Å². The average Bonchev–Trinajstić information content (AvgIpc) is 4.11. The molecule has 0 amide bonds. The predicted octanol–water partition coefficient (Wildman–Crippen LogP) is 16.2. The molecule has 62 heavy (non-hydrogen) atoms. The van der Waals surface area contributed by atoms with Crippen LogP contribution in [0.3, 0.4) is 0 Å². The summed E-state index contributed by atoms with van der Waals surface area (Å²) in [5, 5.41) is 10.7. The molecule has 0 saturated carbocycles. The Bertz CT molecular complexity index is 4040. The number of para-hydroxylation sites is 1. The number of aryl methyl sites for hydroxylation is 1. The molecule has 0 unspecified atom stereocenters. The summed E-state index contributed by atoms with van der Waals surface area (Å²) < 4.78 is 11.9. The van der Waals surface area contributed by atoms with Crippen molar-refractivity contribution < 1.29 is 4.42 Å². The van der Waals surface area contributed by atoms with Gasteiger partial charge in [0.25, 0.3) is 0 Å². The topological polar surface area (TPSA) is 43.9 Å². The Morgan fingerprint density at radius 3 is 2.11 bits per heavy atom. The molecule has 4 nitrogen and oxygen atoms in total. The number of nitrogens with zero attached hydrogens (tertiary/aromatic N) is 3. The first-order valence-corrected chi connectivity index (χ1v) is 22.8. The van der Waals surface area contributed by atoms with Crippen molar-refractivity contribution in [2.75, 3.05) is 0 Å². The van der Waals surface area contributed by atoms with Crippen LogP contribution in [-0.2, 0) is 6.42 Å². The molecule has 14 rings (SSSR count). The molecule has 13 aromatic rings. The molecule has 290 valence electrons. The van der Waals surface area contributed by atoms with Crippen LogP contribution >= 0.6 is 22.7 Å². The molecule has 0 radical (unpaired) electrons. The van der Waals surface area contributed by atoms with Crippen LogP contribution in [0.4, 0.5) is 0 Å². The van der Waals surface area contributed by atoms with Gasteiger partial charge in [0.15, 0.2) is 11.6 Å². The van der Waals surface area contributed by atoms with Crippen LogP contribution in [0.15, 0.2) is 174 Å². The molecule has 6 heteroatoms. The number of rotatable bonds is 4. The van der Waals surface area contributed by atoms with E-state index in [-0.39, 0.29) is 0 Å². The average molecular weight is 828 g/mol. The smallest absolute Gasteiger partial charge is 0.166 e. The van der Waals surface area contributed by atoms with E-state index in [0.29, 0.717) is 5.82 Å². The number of hydrogen-bond donors (Lipinski definition) is 0. The van der Waals surface area contributed by atoms with Crippen LogP contribution in [0.2, 0.25) is 0 Å². The highest BCUT2D eigenvalue weighted by Gasteiger charge is 2.28. The van der Waals surface area contributed by atoms with Crippen molar-refractivity contribution in [3.8, 4) is 39.5 Å². The van der Waals surface area contributed by atoms with Gasteiger partial charge in [0, 0.05) is 57.4 Å². The van der Waals surface area contributed by atoms with E-state index in [0.717, 1.165) is 78.4 Å². The number of furan rings is 1. The number of allylic oxidation sites excluding steroid dienone is 1. The van der Waals surface area contributed by atoms with Gasteiger partial charge >= 0.3 is 0 Å². The minimum Gasteiger partial charge on any atom is -0.455 e. The van der Waals surface area contributed by atoms with Gasteiger partial charge in [-0.25, -0.2) is 9.97 Å². The van der Waals surface area contributed by atoms with Crippen molar-refractivity contribution in [3.63, 3.8) is 0 Å². The summed E-state index contributed by atoms with van der Waals surface area (Å²) in [4.78, 5) is 13.6. The lowest BCUT2D eigenvalue weighted by atomic mass is 9.94. The van der Waals surface area contributed by atoms with E-state index in [4.69, 9.17) is 14.4 Å². The van der Waals surface area contributed by atoms with Gasteiger partial charge in [0.05, 0.1) is 22.0 Å². The lowest BCUT2D eigenvalue weighted by Gasteiger charge is -2.14. The van der Waals surface area contributed by atoms with Crippen LogP contribution in [0.5, 0.6) is 0 Å². The number of aromatic nitrogens is 3. The van der Waals surface area contributed by atoms with E-state index in [1.165, 1.54) is 63.4 Å². The molecule has 0 atom stereocenters. The van der Waals surface area contributed by atoms with Crippen molar-refractivity contribution in [1.29, 1.82) is 0 Å². The summed E-state index contributed by atoms with van der Waals surface area (Å²) >= 11 is 3.66. The largest absolute Gasteiger partial charge is 0.455 e. The molecule has 0 aliphatic heterocycles. The summed E-state index contributed by atoms with van der Waals surface area (Å²) in [6.45, 7) is 0. The van der Waals surface area contributed by atoms with Crippen molar-refractivity contribution in [3.05, 3.63) is 180 Å². The Balaban J connectivity index is 1.17. The molecule has 0 saturated heterocycles. The first-order chi connectivity index (χ1) is 30.8. The third kappa shape index (κ3) is 4.82. The molecule has 0 fully saturated rings. The Kier molecular flexibility index (Phi) is 7.23. The molecule has 0 spiro atoms. The second-order valence-electron chi connectivity index (χ2n) is 16.3. The van der Waals surface area contributed by atoms with Gasteiger partial charge in [-0.15, -0.1) is 22.7 Å². The van der Waals surface area contributed by atoms with Crippen molar-refractivity contribution in [2.24, 2.45) is 0 Å². The Morgan fingerprint density at radius 1 is 0.532 bits per heavy atom. The molecular formula is C56H33N3OS2. The van der Waals surface area contributed by atoms with E-state index >= 15 is 0 Å². The predicted molar refractivity (Wildman–Crippen MR) is 263 cm³/mol. The van der Waals surface area contributed by atoms with Gasteiger partial charge in [0.2, 0.25) is 0 Å². The Morgan fingerprint density at radius 2 is 1.26 bits per heavy atom. The number of hydrogen-bond acceptors (Lipinski definition) is 5. The van der Waals surface area contributed by atoms with Crippen LogP contribution in [-0.4, -0.2) is 14.5 Å². The van der Waals surface area contributed by atoms with E-state index in [1.807, 2.05) is 17.4 Å². The van der Waals surface area contributed by atoms with Gasteiger partial charge in [-0.05, 0) is 77.1 Å². The highest BCUT2D eigenvalue weighted by molar-refractivity contribution is 7.25. The molecule has 1 aliphatic rings. The monoisotopic (exact) mass is 827 g/mol. The highest BCUT2D eigenvalue weighted by atomic mass is 32.1. The molecule has 1 aliphatic carbocycles. The Labute approximate surface area is 363 Å². The fourth-order valence-electron chi connectivity index (χ4n) is 10.2. The second kappa shape index (κ2) is 13.1. The van der Waals surface area contributed by atoms with Crippen molar-refractivity contribution in [1.82, 2.24) is 14.5 Å². The van der Waals surface area contributed by atoms with Gasteiger partial charge in [0.1, 0.15) is 16.0 Å². The lowest BCUT2D eigenvalue weighted by molar-refractivity contribution is 0.669. The second-order valence-corrected chi connectivity index (χ2v) is 18.4. The van der Waals surface area contributed by atoms with Gasteiger partial charge in [-0.1, -0.05) is 140 Å². The zero-order valence-electron chi connectivity index (χ0n) is 33.2. The molecule has 0 bridgehead atoms. The lowest BCUT2D eigenvalue weighted by Crippen LogP contribution is -2.02. The quantitative estimate of drug-likeness (QED) is 0.177. The van der Waals surface area contributed by atoms with E-state index in [1.54, 1.807) is 11.3 Å². The Hall–Kier alpha value is -7.38. The molecule has 0 N–H and O–H groups in total. The fourth-order valence-corrected chi connectivity index (χ4v) is 12.6. The van der Waals surface area contributed by atoms with E-state index in [9.17, 15) is 0 Å². The molecule has 8 aromatic carbocycles. The van der Waals surface area contributed by atoms with Crippen molar-refractivity contribution >= 4 is 114 Å². The zero-order valence-corrected chi connectivity index (χ0v) is 34.9. The van der Waals surface area contributed by atoms with Gasteiger partial charge in [-0.2, -0.15) is 0 Å². The maximum atomic E-state index is 6.86. The molecular weight excluding hydrogens is 795 g/mol. The third-order valence-corrected chi connectivity index (χ3v) is 15.2. The standard InChI is InChI=1S/C56H33N3OS2/c1-3-15-32(16-4-1)34-27-30-43-42(31-34)48-49-39-22-10-13-25-45(39)61-53(49)37-20-8-7-19-36(37)51(48)59(43)55-50-40-23-11-14-26-46(40)62-56(50)58-54(57-55)41-29-28-35(33-17-5-2-6-18-33)47-38-21-9-12-24-44(38)60-52(41)47/h1-9,11-21,23-31H,10,22H2. The van der Waals surface area contributed by atoms with Crippen LogP contribution < -0.4 is 0 Å². The first kappa shape index (κ1) is 34.3. The first-order valence-electron chi connectivity index (χ1n) is 21.1. The maximum Gasteiger partial charge on any atom is 0.166 e. The van der Waals surface area contributed by atoms with Crippen LogP contribution in [0.25, 0.3) is 130 Å². The molecule has 5 heterocycles. The fraction of sp³-hybridized carbons (Fsp3) is 0.0357. The minimum atomic E-state index is 0.641. The van der Waals surface area contributed by atoms with Gasteiger partial charge in [-0.3, -0.25) is 4.57 Å². The number of fused-ring (bicyclic) bond motifs is 16. The highest BCUT2D eigenvalue weighted by Crippen LogP contribution is 2.51. The SMILES string of the molecule is C1=Cc2sc3c4ccccc4c4c(c5cc(-c6ccccc6)ccc5n4-c4nc(-c5ccc(-c6ccccc6)c6c5oc5ccccc56)nc5sc6ccccc6c45)c3c2CC1. The zero-order chi connectivity index (χ0) is 40.5. The van der Waals surface area contributed by atoms with Crippen molar-refractivity contribution in [2.45, 2.75) is 12.8 Å². The number of benzene rings is 8. The molecule has 5 aromatic heterocycles.